The Balaban J connectivity index is 1.90. The molecule has 0 radical (unpaired) electrons. The van der Waals surface area contributed by atoms with Gasteiger partial charge in [0, 0.05) is 25.6 Å². The number of amides is 3. The van der Waals surface area contributed by atoms with Crippen molar-refractivity contribution in [2.24, 2.45) is 0 Å². The molecule has 0 aliphatic carbocycles. The third-order valence-electron chi connectivity index (χ3n) is 5.18. The van der Waals surface area contributed by atoms with E-state index in [1.165, 1.54) is 25.1 Å². The van der Waals surface area contributed by atoms with Crippen molar-refractivity contribution in [3.8, 4) is 0 Å². The molecule has 0 heterocycles. The summed E-state index contributed by atoms with van der Waals surface area (Å²) in [6.45, 7) is 1.52. The maximum atomic E-state index is 14.3. The van der Waals surface area contributed by atoms with Gasteiger partial charge in [-0.3, -0.25) is 4.79 Å². The summed E-state index contributed by atoms with van der Waals surface area (Å²) in [7, 11) is -3.20. The summed E-state index contributed by atoms with van der Waals surface area (Å²) < 4.78 is 82.0. The van der Waals surface area contributed by atoms with Gasteiger partial charge in [-0.15, -0.1) is 0 Å². The van der Waals surface area contributed by atoms with Gasteiger partial charge < -0.3 is 10.2 Å². The topological polar surface area (TPSA) is 95.6 Å². The van der Waals surface area contributed by atoms with Gasteiger partial charge in [-0.05, 0) is 48.4 Å². The number of aryl methyl sites for hydroxylation is 1. The fourth-order valence-corrected chi connectivity index (χ4v) is 4.66. The highest BCUT2D eigenvalue weighted by Gasteiger charge is 2.29. The summed E-state index contributed by atoms with van der Waals surface area (Å²) in [5.74, 6) is -4.81. The van der Waals surface area contributed by atoms with Crippen molar-refractivity contribution >= 4 is 27.6 Å². The highest BCUT2D eigenvalue weighted by molar-refractivity contribution is 7.90. The minimum absolute atomic E-state index is 0.0408. The van der Waals surface area contributed by atoms with Crippen molar-refractivity contribution in [1.29, 1.82) is 0 Å². The Morgan fingerprint density at radius 1 is 0.917 bits per heavy atom. The lowest BCUT2D eigenvalue weighted by molar-refractivity contribution is -0.120. The first kappa shape index (κ1) is 26.7. The van der Waals surface area contributed by atoms with Crippen LogP contribution >= 0.6 is 0 Å². The van der Waals surface area contributed by atoms with E-state index in [-0.39, 0.29) is 16.1 Å². The first-order valence-corrected chi connectivity index (χ1v) is 11.9. The van der Waals surface area contributed by atoms with Crippen molar-refractivity contribution in [3.05, 3.63) is 95.1 Å². The van der Waals surface area contributed by atoms with Gasteiger partial charge in [0.25, 0.3) is 10.0 Å². The number of rotatable bonds is 7. The Hall–Kier alpha value is -3.93. The predicted molar refractivity (Wildman–Crippen MR) is 124 cm³/mol. The zero-order chi connectivity index (χ0) is 26.6. The van der Waals surface area contributed by atoms with Crippen LogP contribution in [0, 0.1) is 30.2 Å². The molecular weight excluding hydrogens is 502 g/mol. The molecule has 0 aromatic heterocycles. The number of nitrogens with zero attached hydrogens (tertiary/aromatic N) is 1. The van der Waals surface area contributed by atoms with Crippen LogP contribution in [0.2, 0.25) is 0 Å². The second kappa shape index (κ2) is 10.8. The van der Waals surface area contributed by atoms with E-state index in [2.05, 4.69) is 5.32 Å². The molecule has 0 spiro atoms. The summed E-state index contributed by atoms with van der Waals surface area (Å²) in [6.07, 6.45) is -0.474. The SMILES string of the molecule is Cc1ccccc1S(=O)(=O)NC(=O)NC(Cc1cc(F)cc(F)c1)C(=O)N(C)c1ccc(F)cc1F. The van der Waals surface area contributed by atoms with Crippen molar-refractivity contribution in [1.82, 2.24) is 10.0 Å². The highest BCUT2D eigenvalue weighted by Crippen LogP contribution is 2.21. The van der Waals surface area contributed by atoms with Gasteiger partial charge in [0.15, 0.2) is 0 Å². The Morgan fingerprint density at radius 3 is 2.17 bits per heavy atom. The number of sulfonamides is 1. The van der Waals surface area contributed by atoms with Crippen molar-refractivity contribution in [2.75, 3.05) is 11.9 Å². The molecule has 7 nitrogen and oxygen atoms in total. The quantitative estimate of drug-likeness (QED) is 0.461. The second-order valence-electron chi connectivity index (χ2n) is 7.87. The Bertz CT molecular complexity index is 1400. The maximum Gasteiger partial charge on any atom is 0.329 e. The largest absolute Gasteiger partial charge is 0.329 e. The number of hydrogen-bond acceptors (Lipinski definition) is 4. The molecule has 36 heavy (non-hydrogen) atoms. The van der Waals surface area contributed by atoms with Crippen molar-refractivity contribution in [3.63, 3.8) is 0 Å². The fourth-order valence-electron chi connectivity index (χ4n) is 3.49. The molecule has 0 aliphatic heterocycles. The van der Waals surface area contributed by atoms with Gasteiger partial charge in [-0.2, -0.15) is 0 Å². The van der Waals surface area contributed by atoms with Crippen LogP contribution in [-0.4, -0.2) is 33.4 Å². The van der Waals surface area contributed by atoms with Gasteiger partial charge in [0.1, 0.15) is 29.3 Å². The molecule has 1 atom stereocenters. The number of hydrogen-bond donors (Lipinski definition) is 2. The average Bonchev–Trinajstić information content (AvgIpc) is 2.77. The minimum atomic E-state index is -4.34. The number of carbonyl (C=O) groups is 2. The summed E-state index contributed by atoms with van der Waals surface area (Å²) in [6, 6.07) is 7.85. The lowest BCUT2D eigenvalue weighted by Gasteiger charge is -2.25. The number of likely N-dealkylation sites (N-methyl/N-ethyl adjacent to an activating group) is 1. The second-order valence-corrected chi connectivity index (χ2v) is 9.52. The molecule has 3 aromatic carbocycles. The summed E-state index contributed by atoms with van der Waals surface area (Å²) in [5, 5.41) is 2.17. The van der Waals surface area contributed by atoms with Crippen LogP contribution in [0.1, 0.15) is 11.1 Å². The molecule has 0 fully saturated rings. The molecule has 190 valence electrons. The number of urea groups is 1. The van der Waals surface area contributed by atoms with E-state index in [0.29, 0.717) is 17.7 Å². The highest BCUT2D eigenvalue weighted by atomic mass is 32.2. The van der Waals surface area contributed by atoms with E-state index in [1.54, 1.807) is 10.8 Å². The first-order chi connectivity index (χ1) is 16.9. The minimum Gasteiger partial charge on any atom is -0.325 e. The zero-order valence-corrected chi connectivity index (χ0v) is 19.9. The monoisotopic (exact) mass is 523 g/mol. The lowest BCUT2D eigenvalue weighted by Crippen LogP contribution is -2.52. The first-order valence-electron chi connectivity index (χ1n) is 10.4. The molecule has 12 heteroatoms. The molecule has 0 aliphatic rings. The van der Waals surface area contributed by atoms with E-state index in [0.717, 1.165) is 36.2 Å². The Labute approximate surface area is 204 Å². The molecule has 1 unspecified atom stereocenters. The predicted octanol–water partition coefficient (Wildman–Crippen LogP) is 3.81. The van der Waals surface area contributed by atoms with Gasteiger partial charge in [-0.1, -0.05) is 18.2 Å². The van der Waals surface area contributed by atoms with Crippen LogP contribution < -0.4 is 14.9 Å². The Kier molecular flexibility index (Phi) is 7.98. The molecule has 0 saturated carbocycles. The normalized spacial score (nSPS) is 12.1. The summed E-state index contributed by atoms with van der Waals surface area (Å²) in [5.41, 5.74) is -0.0281. The van der Waals surface area contributed by atoms with Crippen LogP contribution in [-0.2, 0) is 21.2 Å². The van der Waals surface area contributed by atoms with E-state index >= 15 is 0 Å². The number of nitrogens with one attached hydrogen (secondary N) is 2. The average molecular weight is 524 g/mol. The van der Waals surface area contributed by atoms with Crippen LogP contribution in [0.5, 0.6) is 0 Å². The zero-order valence-electron chi connectivity index (χ0n) is 19.1. The van der Waals surface area contributed by atoms with Crippen molar-refractivity contribution < 1.29 is 35.6 Å². The molecular formula is C24H21F4N3O4S. The van der Waals surface area contributed by atoms with Gasteiger partial charge in [0.2, 0.25) is 5.91 Å². The molecule has 0 saturated heterocycles. The molecule has 3 aromatic rings. The van der Waals surface area contributed by atoms with Crippen molar-refractivity contribution in [2.45, 2.75) is 24.3 Å². The molecule has 2 N–H and O–H groups in total. The van der Waals surface area contributed by atoms with Gasteiger partial charge in [0.05, 0.1) is 10.6 Å². The van der Waals surface area contributed by atoms with E-state index in [1.807, 2.05) is 0 Å². The number of anilines is 1. The summed E-state index contributed by atoms with van der Waals surface area (Å²) >= 11 is 0. The van der Waals surface area contributed by atoms with E-state index in [4.69, 9.17) is 0 Å². The van der Waals surface area contributed by atoms with E-state index in [9.17, 15) is 35.6 Å². The third-order valence-corrected chi connectivity index (χ3v) is 6.67. The maximum absolute atomic E-state index is 14.3. The number of halogens is 4. The smallest absolute Gasteiger partial charge is 0.325 e. The van der Waals surface area contributed by atoms with Gasteiger partial charge in [-0.25, -0.2) is 35.5 Å². The number of benzene rings is 3. The standard InChI is InChI=1S/C24H21F4N3O4S/c1-14-5-3-4-6-22(14)36(34,35)30-24(33)29-20(11-15-9-17(26)12-18(27)10-15)23(32)31(2)21-8-7-16(25)13-19(21)28/h3-10,12-13,20H,11H2,1-2H3,(H2,29,30,33). The molecule has 0 bridgehead atoms. The lowest BCUT2D eigenvalue weighted by atomic mass is 10.0. The van der Waals surface area contributed by atoms with Crippen LogP contribution in [0.15, 0.2) is 65.6 Å². The third kappa shape index (κ3) is 6.39. The fraction of sp³-hybridized carbons (Fsp3) is 0.167. The van der Waals surface area contributed by atoms with Crippen LogP contribution in [0.4, 0.5) is 28.0 Å². The summed E-state index contributed by atoms with van der Waals surface area (Å²) in [4.78, 5) is 26.4. The van der Waals surface area contributed by atoms with Gasteiger partial charge >= 0.3 is 6.03 Å². The van der Waals surface area contributed by atoms with E-state index < -0.39 is 57.7 Å². The Morgan fingerprint density at radius 2 is 1.56 bits per heavy atom. The molecule has 3 amide bonds. The molecule has 3 rings (SSSR count). The van der Waals surface area contributed by atoms with Crippen LogP contribution in [0.3, 0.4) is 0 Å². The number of carbonyl (C=O) groups excluding carboxylic acids is 2. The van der Waals surface area contributed by atoms with Crippen LogP contribution in [0.25, 0.3) is 0 Å².